The van der Waals surface area contributed by atoms with Crippen LogP contribution < -0.4 is 4.74 Å². The molecule has 0 aliphatic heterocycles. The summed E-state index contributed by atoms with van der Waals surface area (Å²) < 4.78 is 5.27. The van der Waals surface area contributed by atoms with Crippen LogP contribution in [0.1, 0.15) is 5.56 Å². The Morgan fingerprint density at radius 1 is 1.21 bits per heavy atom. The number of benzene rings is 2. The molecule has 4 heteroatoms. The predicted octanol–water partition coefficient (Wildman–Crippen LogP) is 2.69. The molecule has 0 radical (unpaired) electrons. The molecule has 98 valence electrons. The molecule has 0 heterocycles. The number of methoxy groups -OCH3 is 1. The topological polar surface area (TPSA) is 66.8 Å². The van der Waals surface area contributed by atoms with Crippen molar-refractivity contribution in [2.45, 2.75) is 6.42 Å². The Hall–Kier alpha value is -2.49. The minimum atomic E-state index is -0.882. The van der Waals surface area contributed by atoms with Crippen molar-refractivity contribution >= 4 is 5.97 Å². The van der Waals surface area contributed by atoms with E-state index in [1.54, 1.807) is 43.5 Å². The lowest BCUT2D eigenvalue weighted by molar-refractivity contribution is -0.136. The highest BCUT2D eigenvalue weighted by Crippen LogP contribution is 2.32. The number of hydrogen-bond acceptors (Lipinski definition) is 3. The van der Waals surface area contributed by atoms with Gasteiger partial charge in [-0.25, -0.2) is 0 Å². The van der Waals surface area contributed by atoms with Crippen LogP contribution in [-0.2, 0) is 11.2 Å². The fourth-order valence-corrected chi connectivity index (χ4v) is 1.94. The molecule has 0 fully saturated rings. The maximum absolute atomic E-state index is 10.8. The van der Waals surface area contributed by atoms with Crippen LogP contribution in [0.3, 0.4) is 0 Å². The van der Waals surface area contributed by atoms with E-state index in [1.165, 1.54) is 0 Å². The summed E-state index contributed by atoms with van der Waals surface area (Å²) in [5, 5.41) is 18.3. The Balaban J connectivity index is 2.49. The van der Waals surface area contributed by atoms with Crippen LogP contribution in [0.5, 0.6) is 11.5 Å². The molecule has 0 aliphatic carbocycles. The van der Waals surface area contributed by atoms with Crippen molar-refractivity contribution in [1.82, 2.24) is 0 Å². The number of hydrogen-bond donors (Lipinski definition) is 2. The van der Waals surface area contributed by atoms with Gasteiger partial charge in [0.2, 0.25) is 0 Å². The molecule has 2 N–H and O–H groups in total. The number of carboxylic acids is 1. The van der Waals surface area contributed by atoms with Crippen molar-refractivity contribution in [2.24, 2.45) is 0 Å². The number of rotatable bonds is 4. The van der Waals surface area contributed by atoms with Crippen LogP contribution in [-0.4, -0.2) is 23.3 Å². The van der Waals surface area contributed by atoms with Gasteiger partial charge in [-0.1, -0.05) is 18.2 Å². The quantitative estimate of drug-likeness (QED) is 0.884. The van der Waals surface area contributed by atoms with Gasteiger partial charge in [0.05, 0.1) is 13.5 Å². The van der Waals surface area contributed by atoms with Gasteiger partial charge in [-0.2, -0.15) is 0 Å². The lowest BCUT2D eigenvalue weighted by Crippen LogP contribution is -2.00. The normalized spacial score (nSPS) is 10.2. The third kappa shape index (κ3) is 3.04. The van der Waals surface area contributed by atoms with Crippen LogP contribution in [0.15, 0.2) is 42.5 Å². The summed E-state index contributed by atoms with van der Waals surface area (Å²) in [6.45, 7) is 0. The zero-order chi connectivity index (χ0) is 13.8. The van der Waals surface area contributed by atoms with Crippen molar-refractivity contribution in [3.8, 4) is 22.6 Å². The van der Waals surface area contributed by atoms with E-state index in [2.05, 4.69) is 0 Å². The molecular weight excluding hydrogens is 244 g/mol. The van der Waals surface area contributed by atoms with Crippen LogP contribution >= 0.6 is 0 Å². The highest BCUT2D eigenvalue weighted by atomic mass is 16.5. The molecule has 0 aliphatic rings. The first-order valence-corrected chi connectivity index (χ1v) is 5.78. The molecule has 0 saturated carbocycles. The molecule has 4 nitrogen and oxygen atoms in total. The van der Waals surface area contributed by atoms with E-state index in [1.807, 2.05) is 6.07 Å². The molecule has 0 bridgehead atoms. The molecule has 2 aromatic carbocycles. The highest BCUT2D eigenvalue weighted by molar-refractivity contribution is 5.75. The van der Waals surface area contributed by atoms with Crippen LogP contribution in [0.2, 0.25) is 0 Å². The van der Waals surface area contributed by atoms with Gasteiger partial charge in [0.1, 0.15) is 11.5 Å². The second-order valence-corrected chi connectivity index (χ2v) is 4.16. The van der Waals surface area contributed by atoms with Gasteiger partial charge in [0.15, 0.2) is 0 Å². The molecule has 0 atom stereocenters. The van der Waals surface area contributed by atoms with Crippen molar-refractivity contribution in [3.63, 3.8) is 0 Å². The standard InChI is InChI=1S/C15H14O4/c1-19-14-6-5-10(8-15(17)18)7-13(14)11-3-2-4-12(16)9-11/h2-7,9,16H,8H2,1H3,(H,17,18). The van der Waals surface area contributed by atoms with Gasteiger partial charge in [-0.3, -0.25) is 4.79 Å². The van der Waals surface area contributed by atoms with Crippen molar-refractivity contribution in [2.75, 3.05) is 7.11 Å². The smallest absolute Gasteiger partial charge is 0.307 e. The van der Waals surface area contributed by atoms with E-state index in [0.717, 1.165) is 11.1 Å². The Kier molecular flexibility index (Phi) is 3.71. The average Bonchev–Trinajstić information content (AvgIpc) is 2.38. The van der Waals surface area contributed by atoms with E-state index in [-0.39, 0.29) is 12.2 Å². The maximum Gasteiger partial charge on any atom is 0.307 e. The molecule has 0 aromatic heterocycles. The van der Waals surface area contributed by atoms with E-state index < -0.39 is 5.97 Å². The van der Waals surface area contributed by atoms with E-state index in [4.69, 9.17) is 9.84 Å². The van der Waals surface area contributed by atoms with E-state index in [9.17, 15) is 9.90 Å². The fourth-order valence-electron chi connectivity index (χ4n) is 1.94. The number of phenols is 1. The number of aromatic hydroxyl groups is 1. The molecule has 2 aromatic rings. The summed E-state index contributed by atoms with van der Waals surface area (Å²) in [5.74, 6) is -0.0880. The van der Waals surface area contributed by atoms with Gasteiger partial charge >= 0.3 is 5.97 Å². The Morgan fingerprint density at radius 2 is 2.00 bits per heavy atom. The number of carbonyl (C=O) groups is 1. The van der Waals surface area contributed by atoms with Crippen LogP contribution in [0, 0.1) is 0 Å². The lowest BCUT2D eigenvalue weighted by atomic mass is 10.0. The monoisotopic (exact) mass is 258 g/mol. The largest absolute Gasteiger partial charge is 0.508 e. The maximum atomic E-state index is 10.8. The fraction of sp³-hybridized carbons (Fsp3) is 0.133. The molecule has 0 saturated heterocycles. The SMILES string of the molecule is COc1ccc(CC(=O)O)cc1-c1cccc(O)c1. The van der Waals surface area contributed by atoms with Gasteiger partial charge < -0.3 is 14.9 Å². The summed E-state index contributed by atoms with van der Waals surface area (Å²) in [7, 11) is 1.55. The first-order valence-electron chi connectivity index (χ1n) is 5.78. The molecule has 0 spiro atoms. The summed E-state index contributed by atoms with van der Waals surface area (Å²) in [5.41, 5.74) is 2.23. The minimum Gasteiger partial charge on any atom is -0.508 e. The van der Waals surface area contributed by atoms with Crippen molar-refractivity contribution < 1.29 is 19.7 Å². The first kappa shape index (κ1) is 13.0. The van der Waals surface area contributed by atoms with Crippen LogP contribution in [0.25, 0.3) is 11.1 Å². The molecule has 19 heavy (non-hydrogen) atoms. The molecule has 0 unspecified atom stereocenters. The summed E-state index contributed by atoms with van der Waals surface area (Å²) in [6.07, 6.45) is -0.0458. The number of phenolic OH excluding ortho intramolecular Hbond substituents is 1. The van der Waals surface area contributed by atoms with Gasteiger partial charge in [-0.15, -0.1) is 0 Å². The third-order valence-corrected chi connectivity index (χ3v) is 2.78. The van der Waals surface area contributed by atoms with E-state index in [0.29, 0.717) is 11.3 Å². The van der Waals surface area contributed by atoms with Gasteiger partial charge in [0.25, 0.3) is 0 Å². The highest BCUT2D eigenvalue weighted by Gasteiger charge is 2.09. The van der Waals surface area contributed by atoms with Crippen LogP contribution in [0.4, 0.5) is 0 Å². The molecular formula is C15H14O4. The van der Waals surface area contributed by atoms with Crippen molar-refractivity contribution in [3.05, 3.63) is 48.0 Å². The summed E-state index contributed by atoms with van der Waals surface area (Å²) in [4.78, 5) is 10.8. The van der Waals surface area contributed by atoms with E-state index >= 15 is 0 Å². The molecule has 0 amide bonds. The van der Waals surface area contributed by atoms with Crippen molar-refractivity contribution in [1.29, 1.82) is 0 Å². The lowest BCUT2D eigenvalue weighted by Gasteiger charge is -2.10. The summed E-state index contributed by atoms with van der Waals surface area (Å²) >= 11 is 0. The zero-order valence-corrected chi connectivity index (χ0v) is 10.5. The number of ether oxygens (including phenoxy) is 1. The first-order chi connectivity index (χ1) is 9.10. The second-order valence-electron chi connectivity index (χ2n) is 4.16. The van der Waals surface area contributed by atoms with Gasteiger partial charge in [0, 0.05) is 5.56 Å². The Bertz CT molecular complexity index is 605. The summed E-state index contributed by atoms with van der Waals surface area (Å²) in [6, 6.07) is 12.0. The average molecular weight is 258 g/mol. The third-order valence-electron chi connectivity index (χ3n) is 2.78. The van der Waals surface area contributed by atoms with Gasteiger partial charge in [-0.05, 0) is 35.4 Å². The second kappa shape index (κ2) is 5.44. The Labute approximate surface area is 110 Å². The number of aliphatic carboxylic acids is 1. The minimum absolute atomic E-state index is 0.0458. The molecule has 2 rings (SSSR count). The number of carboxylic acid groups (broad SMARTS) is 1. The predicted molar refractivity (Wildman–Crippen MR) is 71.4 cm³/mol. The Morgan fingerprint density at radius 3 is 2.63 bits per heavy atom. The zero-order valence-electron chi connectivity index (χ0n) is 10.5.